The first kappa shape index (κ1) is 21.2. The van der Waals surface area contributed by atoms with Gasteiger partial charge in [0, 0.05) is 38.4 Å². The minimum atomic E-state index is -3.58. The van der Waals surface area contributed by atoms with E-state index in [1.807, 2.05) is 12.1 Å². The van der Waals surface area contributed by atoms with Crippen molar-refractivity contribution in [1.82, 2.24) is 9.62 Å². The number of benzene rings is 2. The second-order valence-corrected chi connectivity index (χ2v) is 10.7. The maximum Gasteiger partial charge on any atom is 0.240 e. The van der Waals surface area contributed by atoms with Gasteiger partial charge in [0.25, 0.3) is 0 Å². The molecular weight excluding hydrogens is 398 g/mol. The van der Waals surface area contributed by atoms with E-state index in [-0.39, 0.29) is 12.1 Å². The van der Waals surface area contributed by atoms with E-state index in [4.69, 9.17) is 4.74 Å². The molecule has 2 aromatic carbocycles. The van der Waals surface area contributed by atoms with Crippen LogP contribution in [0.15, 0.2) is 47.4 Å². The predicted molar refractivity (Wildman–Crippen MR) is 120 cm³/mol. The van der Waals surface area contributed by atoms with E-state index in [0.29, 0.717) is 4.90 Å². The number of rotatable bonds is 5. The van der Waals surface area contributed by atoms with Crippen molar-refractivity contribution in [3.05, 3.63) is 53.6 Å². The number of fused-ring (bicyclic) bond motifs is 1. The van der Waals surface area contributed by atoms with Crippen LogP contribution in [0, 0.1) is 0 Å². The molecular formula is C23H31N3O3S. The molecule has 4 rings (SSSR count). The smallest absolute Gasteiger partial charge is 0.240 e. The summed E-state index contributed by atoms with van der Waals surface area (Å²) in [4.78, 5) is 4.98. The van der Waals surface area contributed by atoms with Crippen LogP contribution in [-0.4, -0.2) is 52.1 Å². The minimum Gasteiger partial charge on any atom is -0.488 e. The number of hydrogen-bond donors (Lipinski definition) is 1. The zero-order valence-corrected chi connectivity index (χ0v) is 18.8. The normalized spacial score (nSPS) is 19.2. The van der Waals surface area contributed by atoms with E-state index in [1.165, 1.54) is 5.69 Å². The average Bonchev–Trinajstić information content (AvgIpc) is 2.72. The highest BCUT2D eigenvalue weighted by Gasteiger charge is 2.27. The third kappa shape index (κ3) is 4.79. The summed E-state index contributed by atoms with van der Waals surface area (Å²) in [6.07, 6.45) is 1.69. The number of ether oxygens (including phenoxy) is 1. The van der Waals surface area contributed by atoms with Crippen LogP contribution in [0.2, 0.25) is 0 Å². The van der Waals surface area contributed by atoms with Crippen molar-refractivity contribution in [2.75, 3.05) is 38.1 Å². The summed E-state index contributed by atoms with van der Waals surface area (Å²) >= 11 is 0. The second kappa shape index (κ2) is 8.21. The minimum absolute atomic E-state index is 0.206. The standard InChI is InChI=1S/C23H31N3O3S/c1-23(2)11-10-19-16-21(8-9-22(19)29-23)30(27,28)24-17-18-4-6-20(7-5-18)26-14-12-25(3)13-15-26/h4-9,16,24H,10-15,17H2,1-3H3. The van der Waals surface area contributed by atoms with Crippen LogP contribution >= 0.6 is 0 Å². The highest BCUT2D eigenvalue weighted by Crippen LogP contribution is 2.34. The zero-order valence-electron chi connectivity index (χ0n) is 18.0. The van der Waals surface area contributed by atoms with Gasteiger partial charge in [-0.15, -0.1) is 0 Å². The van der Waals surface area contributed by atoms with Crippen molar-refractivity contribution in [3.63, 3.8) is 0 Å². The van der Waals surface area contributed by atoms with Crippen molar-refractivity contribution in [2.45, 2.75) is 43.7 Å². The van der Waals surface area contributed by atoms with Crippen LogP contribution in [0.1, 0.15) is 31.4 Å². The number of likely N-dealkylation sites (N-methyl/N-ethyl adjacent to an activating group) is 1. The number of sulfonamides is 1. The molecule has 2 heterocycles. The van der Waals surface area contributed by atoms with Crippen LogP contribution in [0.3, 0.4) is 0 Å². The maximum absolute atomic E-state index is 12.8. The van der Waals surface area contributed by atoms with E-state index in [1.54, 1.807) is 18.2 Å². The first-order chi connectivity index (χ1) is 14.2. The van der Waals surface area contributed by atoms with Crippen molar-refractivity contribution in [2.24, 2.45) is 0 Å². The fourth-order valence-electron chi connectivity index (χ4n) is 3.95. The van der Waals surface area contributed by atoms with E-state index in [9.17, 15) is 8.42 Å². The molecule has 2 aromatic rings. The van der Waals surface area contributed by atoms with E-state index in [2.05, 4.69) is 47.5 Å². The number of piperazine rings is 1. The third-order valence-corrected chi connectivity index (χ3v) is 7.39. The summed E-state index contributed by atoms with van der Waals surface area (Å²) in [6.45, 7) is 8.53. The first-order valence-electron chi connectivity index (χ1n) is 10.6. The van der Waals surface area contributed by atoms with Crippen LogP contribution in [-0.2, 0) is 23.0 Å². The number of hydrogen-bond acceptors (Lipinski definition) is 5. The maximum atomic E-state index is 12.8. The molecule has 162 valence electrons. The molecule has 0 bridgehead atoms. The Bertz CT molecular complexity index is 995. The van der Waals surface area contributed by atoms with Crippen molar-refractivity contribution in [3.8, 4) is 5.75 Å². The molecule has 1 fully saturated rings. The van der Waals surface area contributed by atoms with Gasteiger partial charge in [-0.2, -0.15) is 0 Å². The highest BCUT2D eigenvalue weighted by molar-refractivity contribution is 7.89. The fourth-order valence-corrected chi connectivity index (χ4v) is 5.02. The second-order valence-electron chi connectivity index (χ2n) is 8.91. The van der Waals surface area contributed by atoms with Gasteiger partial charge in [0.1, 0.15) is 11.4 Å². The largest absolute Gasteiger partial charge is 0.488 e. The Morgan fingerprint density at radius 3 is 2.43 bits per heavy atom. The molecule has 0 atom stereocenters. The van der Waals surface area contributed by atoms with Crippen LogP contribution < -0.4 is 14.4 Å². The van der Waals surface area contributed by atoms with E-state index in [0.717, 1.165) is 55.9 Å². The molecule has 30 heavy (non-hydrogen) atoms. The molecule has 0 radical (unpaired) electrons. The Hall–Kier alpha value is -2.09. The molecule has 0 spiro atoms. The van der Waals surface area contributed by atoms with E-state index >= 15 is 0 Å². The van der Waals surface area contributed by atoms with Crippen LogP contribution in [0.5, 0.6) is 5.75 Å². The molecule has 1 saturated heterocycles. The first-order valence-corrected chi connectivity index (χ1v) is 12.0. The Morgan fingerprint density at radius 2 is 1.73 bits per heavy atom. The summed E-state index contributed by atoms with van der Waals surface area (Å²) < 4.78 is 34.3. The lowest BCUT2D eigenvalue weighted by molar-refractivity contribution is 0.0845. The van der Waals surface area contributed by atoms with Crippen molar-refractivity contribution < 1.29 is 13.2 Å². The van der Waals surface area contributed by atoms with Crippen LogP contribution in [0.4, 0.5) is 5.69 Å². The average molecular weight is 430 g/mol. The van der Waals surface area contributed by atoms with Gasteiger partial charge in [-0.25, -0.2) is 13.1 Å². The summed E-state index contributed by atoms with van der Waals surface area (Å²) in [7, 11) is -1.44. The SMILES string of the molecule is CN1CCN(c2ccc(CNS(=O)(=O)c3ccc4c(c3)CCC(C)(C)O4)cc2)CC1. The van der Waals surface area contributed by atoms with Gasteiger partial charge in [0.2, 0.25) is 10.0 Å². The van der Waals surface area contributed by atoms with Crippen molar-refractivity contribution >= 4 is 15.7 Å². The molecule has 7 heteroatoms. The fraction of sp³-hybridized carbons (Fsp3) is 0.478. The zero-order chi connectivity index (χ0) is 21.4. The molecule has 0 aliphatic carbocycles. The predicted octanol–water partition coefficient (Wildman–Crippen LogP) is 3.02. The quantitative estimate of drug-likeness (QED) is 0.792. The number of nitrogens with one attached hydrogen (secondary N) is 1. The summed E-state index contributed by atoms with van der Waals surface area (Å²) in [6, 6.07) is 13.3. The van der Waals surface area contributed by atoms with Crippen molar-refractivity contribution in [1.29, 1.82) is 0 Å². The molecule has 0 amide bonds. The molecule has 1 N–H and O–H groups in total. The summed E-state index contributed by atoms with van der Waals surface area (Å²) in [5.74, 6) is 0.782. The van der Waals surface area contributed by atoms with Gasteiger partial charge in [-0.3, -0.25) is 0 Å². The molecule has 0 unspecified atom stereocenters. The lowest BCUT2D eigenvalue weighted by Gasteiger charge is -2.34. The molecule has 0 aromatic heterocycles. The summed E-state index contributed by atoms with van der Waals surface area (Å²) in [5.41, 5.74) is 2.88. The Kier molecular flexibility index (Phi) is 5.79. The number of nitrogens with zero attached hydrogens (tertiary/aromatic N) is 2. The molecule has 2 aliphatic heterocycles. The van der Waals surface area contributed by atoms with Gasteiger partial charge in [0.15, 0.2) is 0 Å². The molecule has 2 aliphatic rings. The van der Waals surface area contributed by atoms with Gasteiger partial charge >= 0.3 is 0 Å². The van der Waals surface area contributed by atoms with Gasteiger partial charge < -0.3 is 14.5 Å². The molecule has 6 nitrogen and oxygen atoms in total. The Labute approximate surface area is 179 Å². The molecule has 0 saturated carbocycles. The summed E-state index contributed by atoms with van der Waals surface area (Å²) in [5, 5.41) is 0. The third-order valence-electron chi connectivity index (χ3n) is 6.00. The lowest BCUT2D eigenvalue weighted by atomic mass is 9.94. The topological polar surface area (TPSA) is 61.9 Å². The van der Waals surface area contributed by atoms with Gasteiger partial charge in [0.05, 0.1) is 4.90 Å². The number of anilines is 1. The monoisotopic (exact) mass is 429 g/mol. The van der Waals surface area contributed by atoms with Gasteiger partial charge in [-0.05, 0) is 75.2 Å². The Balaban J connectivity index is 1.40. The number of aryl methyl sites for hydroxylation is 1. The van der Waals surface area contributed by atoms with Gasteiger partial charge in [-0.1, -0.05) is 12.1 Å². The lowest BCUT2D eigenvalue weighted by Crippen LogP contribution is -2.44. The highest BCUT2D eigenvalue weighted by atomic mass is 32.2. The Morgan fingerprint density at radius 1 is 1.03 bits per heavy atom. The van der Waals surface area contributed by atoms with E-state index < -0.39 is 10.0 Å². The van der Waals surface area contributed by atoms with Crippen LogP contribution in [0.25, 0.3) is 0 Å².